The molecular weight excluding hydrogens is 238 g/mol. The molecule has 0 aliphatic carbocycles. The molecule has 0 radical (unpaired) electrons. The van der Waals surface area contributed by atoms with Crippen molar-refractivity contribution in [3.05, 3.63) is 29.8 Å². The first-order valence-electron chi connectivity index (χ1n) is 7.20. The first kappa shape index (κ1) is 14.1. The van der Waals surface area contributed by atoms with Crippen LogP contribution < -0.4 is 10.1 Å². The van der Waals surface area contributed by atoms with Crippen LogP contribution in [0.25, 0.3) is 0 Å². The second-order valence-electron chi connectivity index (χ2n) is 5.21. The summed E-state index contributed by atoms with van der Waals surface area (Å²) in [6.07, 6.45) is 6.75. The van der Waals surface area contributed by atoms with E-state index >= 15 is 0 Å². The minimum Gasteiger partial charge on any atom is -0.497 e. The number of ketones is 1. The molecule has 0 bridgehead atoms. The molecule has 1 aromatic rings. The van der Waals surface area contributed by atoms with Crippen molar-refractivity contribution < 1.29 is 9.53 Å². The topological polar surface area (TPSA) is 38.3 Å². The molecule has 2 rings (SSSR count). The number of carbonyl (C=O) groups is 1. The summed E-state index contributed by atoms with van der Waals surface area (Å²) >= 11 is 0. The van der Waals surface area contributed by atoms with Gasteiger partial charge >= 0.3 is 0 Å². The Morgan fingerprint density at radius 2 is 2.16 bits per heavy atom. The molecule has 1 unspecified atom stereocenters. The monoisotopic (exact) mass is 261 g/mol. The van der Waals surface area contributed by atoms with Gasteiger partial charge in [-0.1, -0.05) is 31.4 Å². The van der Waals surface area contributed by atoms with E-state index in [0.29, 0.717) is 12.5 Å². The molecule has 1 aromatic carbocycles. The van der Waals surface area contributed by atoms with E-state index in [1.807, 2.05) is 24.3 Å². The highest BCUT2D eigenvalue weighted by atomic mass is 16.5. The summed E-state index contributed by atoms with van der Waals surface area (Å²) in [5, 5.41) is 3.50. The van der Waals surface area contributed by atoms with Crippen LogP contribution >= 0.6 is 0 Å². The minimum absolute atomic E-state index is 0.206. The highest BCUT2D eigenvalue weighted by Gasteiger charge is 2.16. The van der Waals surface area contributed by atoms with Crippen molar-refractivity contribution in [3.63, 3.8) is 0 Å². The van der Waals surface area contributed by atoms with Crippen LogP contribution in [-0.2, 0) is 0 Å². The minimum atomic E-state index is 0.206. The van der Waals surface area contributed by atoms with Crippen molar-refractivity contribution in [1.82, 2.24) is 5.32 Å². The second kappa shape index (κ2) is 7.29. The zero-order valence-electron chi connectivity index (χ0n) is 11.7. The van der Waals surface area contributed by atoms with E-state index in [1.54, 1.807) is 7.11 Å². The number of hydrogen-bond donors (Lipinski definition) is 1. The summed E-state index contributed by atoms with van der Waals surface area (Å²) in [6.45, 7) is 1.04. The Morgan fingerprint density at radius 3 is 3.00 bits per heavy atom. The zero-order valence-corrected chi connectivity index (χ0v) is 11.7. The first-order chi connectivity index (χ1) is 9.29. The second-order valence-corrected chi connectivity index (χ2v) is 5.21. The fourth-order valence-corrected chi connectivity index (χ4v) is 2.59. The van der Waals surface area contributed by atoms with Gasteiger partial charge in [0.15, 0.2) is 5.78 Å². The first-order valence-corrected chi connectivity index (χ1v) is 7.20. The van der Waals surface area contributed by atoms with Crippen molar-refractivity contribution in [3.8, 4) is 5.75 Å². The molecule has 3 heteroatoms. The Hall–Kier alpha value is -1.35. The number of benzene rings is 1. The van der Waals surface area contributed by atoms with Gasteiger partial charge in [-0.3, -0.25) is 4.79 Å². The highest BCUT2D eigenvalue weighted by molar-refractivity contribution is 5.96. The van der Waals surface area contributed by atoms with Crippen LogP contribution in [-0.4, -0.2) is 25.5 Å². The Kier molecular flexibility index (Phi) is 5.40. The van der Waals surface area contributed by atoms with Gasteiger partial charge in [-0.25, -0.2) is 0 Å². The third kappa shape index (κ3) is 4.35. The van der Waals surface area contributed by atoms with Crippen LogP contribution in [0.15, 0.2) is 24.3 Å². The molecule has 3 nitrogen and oxygen atoms in total. The van der Waals surface area contributed by atoms with Crippen molar-refractivity contribution >= 4 is 5.78 Å². The summed E-state index contributed by atoms with van der Waals surface area (Å²) in [6, 6.07) is 7.76. The fourth-order valence-electron chi connectivity index (χ4n) is 2.59. The number of ether oxygens (including phenoxy) is 1. The maximum atomic E-state index is 12.3. The van der Waals surface area contributed by atoms with Crippen LogP contribution in [0.1, 0.15) is 48.9 Å². The van der Waals surface area contributed by atoms with Crippen molar-refractivity contribution in [2.45, 2.75) is 44.6 Å². The van der Waals surface area contributed by atoms with E-state index in [1.165, 1.54) is 25.7 Å². The van der Waals surface area contributed by atoms with Crippen molar-refractivity contribution in [2.24, 2.45) is 0 Å². The summed E-state index contributed by atoms with van der Waals surface area (Å²) in [7, 11) is 1.62. The lowest BCUT2D eigenvalue weighted by molar-refractivity contribution is 0.0965. The fraction of sp³-hybridized carbons (Fsp3) is 0.562. The summed E-state index contributed by atoms with van der Waals surface area (Å²) in [5.74, 6) is 0.952. The van der Waals surface area contributed by atoms with Crippen LogP contribution in [0.2, 0.25) is 0 Å². The molecule has 0 amide bonds. The summed E-state index contributed by atoms with van der Waals surface area (Å²) in [5.41, 5.74) is 0.753. The largest absolute Gasteiger partial charge is 0.497 e. The molecule has 0 saturated carbocycles. The van der Waals surface area contributed by atoms with Gasteiger partial charge in [-0.2, -0.15) is 0 Å². The van der Waals surface area contributed by atoms with Gasteiger partial charge in [0.1, 0.15) is 5.75 Å². The van der Waals surface area contributed by atoms with E-state index in [0.717, 1.165) is 24.3 Å². The van der Waals surface area contributed by atoms with E-state index < -0.39 is 0 Å². The standard InChI is InChI=1S/C16H23NO2/c1-19-15-9-6-7-13(11-15)16(18)12-14-8-4-2-3-5-10-17-14/h6-7,9,11,14,17H,2-5,8,10,12H2,1H3. The van der Waals surface area contributed by atoms with Crippen LogP contribution in [0, 0.1) is 0 Å². The number of hydrogen-bond acceptors (Lipinski definition) is 3. The predicted octanol–water partition coefficient (Wildman–Crippen LogP) is 3.19. The number of rotatable bonds is 4. The van der Waals surface area contributed by atoms with Crippen LogP contribution in [0.4, 0.5) is 0 Å². The molecule has 1 heterocycles. The van der Waals surface area contributed by atoms with Gasteiger partial charge in [-0.15, -0.1) is 0 Å². The Bertz CT molecular complexity index is 409. The molecule has 0 spiro atoms. The van der Waals surface area contributed by atoms with Gasteiger partial charge in [-0.05, 0) is 31.5 Å². The Balaban J connectivity index is 1.94. The van der Waals surface area contributed by atoms with E-state index in [-0.39, 0.29) is 5.78 Å². The molecule has 1 aliphatic rings. The van der Waals surface area contributed by atoms with Crippen LogP contribution in [0.5, 0.6) is 5.75 Å². The van der Waals surface area contributed by atoms with Crippen molar-refractivity contribution in [1.29, 1.82) is 0 Å². The molecule has 1 aliphatic heterocycles. The third-order valence-corrected chi connectivity index (χ3v) is 3.74. The number of carbonyl (C=O) groups excluding carboxylic acids is 1. The van der Waals surface area contributed by atoms with Crippen LogP contribution in [0.3, 0.4) is 0 Å². The van der Waals surface area contributed by atoms with E-state index in [2.05, 4.69) is 5.32 Å². The summed E-state index contributed by atoms with van der Waals surface area (Å²) < 4.78 is 5.16. The van der Waals surface area contributed by atoms with Gasteiger partial charge in [0.2, 0.25) is 0 Å². The molecule has 1 atom stereocenters. The number of nitrogens with one attached hydrogen (secondary N) is 1. The highest BCUT2D eigenvalue weighted by Crippen LogP contribution is 2.17. The molecule has 104 valence electrons. The molecular formula is C16H23NO2. The maximum absolute atomic E-state index is 12.3. The smallest absolute Gasteiger partial charge is 0.164 e. The normalized spacial score (nSPS) is 20.4. The van der Waals surface area contributed by atoms with Crippen molar-refractivity contribution in [2.75, 3.05) is 13.7 Å². The Labute approximate surface area is 115 Å². The number of methoxy groups -OCH3 is 1. The molecule has 19 heavy (non-hydrogen) atoms. The summed E-state index contributed by atoms with van der Waals surface area (Å²) in [4.78, 5) is 12.3. The molecule has 1 fully saturated rings. The average Bonchev–Trinajstić information content (AvgIpc) is 2.41. The lowest BCUT2D eigenvalue weighted by atomic mass is 9.97. The SMILES string of the molecule is COc1cccc(C(=O)CC2CCCCCCN2)c1. The lowest BCUT2D eigenvalue weighted by Gasteiger charge is -2.20. The lowest BCUT2D eigenvalue weighted by Crippen LogP contribution is -2.33. The quantitative estimate of drug-likeness (QED) is 0.846. The zero-order chi connectivity index (χ0) is 13.5. The predicted molar refractivity (Wildman–Crippen MR) is 76.8 cm³/mol. The Morgan fingerprint density at radius 1 is 1.32 bits per heavy atom. The third-order valence-electron chi connectivity index (χ3n) is 3.74. The number of Topliss-reactive ketones (excluding diaryl/α,β-unsaturated/α-hetero) is 1. The molecule has 1 saturated heterocycles. The maximum Gasteiger partial charge on any atom is 0.164 e. The van der Waals surface area contributed by atoms with E-state index in [4.69, 9.17) is 4.74 Å². The van der Waals surface area contributed by atoms with E-state index in [9.17, 15) is 4.79 Å². The van der Waals surface area contributed by atoms with Gasteiger partial charge < -0.3 is 10.1 Å². The van der Waals surface area contributed by atoms with Gasteiger partial charge in [0, 0.05) is 18.0 Å². The average molecular weight is 261 g/mol. The van der Waals surface area contributed by atoms with Gasteiger partial charge in [0.05, 0.1) is 7.11 Å². The molecule has 1 N–H and O–H groups in total. The van der Waals surface area contributed by atoms with Gasteiger partial charge in [0.25, 0.3) is 0 Å². The molecule has 0 aromatic heterocycles.